The van der Waals surface area contributed by atoms with Gasteiger partial charge in [-0.3, -0.25) is 10.1 Å². The second kappa shape index (κ2) is 3.04. The van der Waals surface area contributed by atoms with Crippen molar-refractivity contribution in [1.29, 1.82) is 0 Å². The van der Waals surface area contributed by atoms with E-state index in [9.17, 15) is 14.9 Å². The van der Waals surface area contributed by atoms with Crippen molar-refractivity contribution in [3.63, 3.8) is 0 Å². The van der Waals surface area contributed by atoms with E-state index in [1.165, 1.54) is 12.1 Å². The lowest BCUT2D eigenvalue weighted by Crippen LogP contribution is -1.96. The number of aromatic carboxylic acids is 1. The summed E-state index contributed by atoms with van der Waals surface area (Å²) in [6, 6.07) is 2.45. The Hall–Kier alpha value is -1.85. The predicted molar refractivity (Wildman–Crippen MR) is 36.4 cm³/mol. The minimum atomic E-state index is -1.23. The molecule has 0 saturated heterocycles. The number of nitro groups is 1. The lowest BCUT2D eigenvalue weighted by atomic mass is 10.4. The molecule has 64 valence electrons. The van der Waals surface area contributed by atoms with Gasteiger partial charge in [0.25, 0.3) is 6.54 Å². The number of nitrogens with zero attached hydrogens (tertiary/aromatic N) is 1. The van der Waals surface area contributed by atoms with Crippen LogP contribution in [0.2, 0.25) is 0 Å². The molecule has 0 atom stereocenters. The molecule has 0 amide bonds. The van der Waals surface area contributed by atoms with E-state index in [2.05, 4.69) is 4.42 Å². The highest BCUT2D eigenvalue weighted by Gasteiger charge is 2.11. The van der Waals surface area contributed by atoms with E-state index in [1.807, 2.05) is 0 Å². The van der Waals surface area contributed by atoms with E-state index in [0.717, 1.165) is 0 Å². The maximum absolute atomic E-state index is 10.2. The summed E-state index contributed by atoms with van der Waals surface area (Å²) in [6.45, 7) is -0.493. The quantitative estimate of drug-likeness (QED) is 0.535. The molecule has 12 heavy (non-hydrogen) atoms. The number of hydrogen-bond donors (Lipinski definition) is 1. The lowest BCUT2D eigenvalue weighted by Gasteiger charge is -1.87. The molecule has 1 rings (SSSR count). The Morgan fingerprint density at radius 3 is 2.75 bits per heavy atom. The molecule has 1 N–H and O–H groups in total. The van der Waals surface area contributed by atoms with Crippen LogP contribution >= 0.6 is 0 Å². The third-order valence-corrected chi connectivity index (χ3v) is 1.16. The standard InChI is InChI=1S/C6H5NO5/c8-6(9)5-2-1-4(12-5)3-7(10)11/h1-2H,3H2,(H,8,9). The second-order valence-electron chi connectivity index (χ2n) is 2.06. The molecule has 1 heterocycles. The SMILES string of the molecule is O=C(O)c1ccc(C[N+](=O)[O-])o1. The summed E-state index contributed by atoms with van der Waals surface area (Å²) in [5.74, 6) is -1.48. The van der Waals surface area contributed by atoms with E-state index >= 15 is 0 Å². The van der Waals surface area contributed by atoms with Gasteiger partial charge >= 0.3 is 5.97 Å². The molecule has 0 aliphatic carbocycles. The molecular weight excluding hydrogens is 166 g/mol. The number of hydrogen-bond acceptors (Lipinski definition) is 4. The first-order valence-corrected chi connectivity index (χ1v) is 3.03. The van der Waals surface area contributed by atoms with E-state index in [1.54, 1.807) is 0 Å². The fraction of sp³-hybridized carbons (Fsp3) is 0.167. The van der Waals surface area contributed by atoms with Gasteiger partial charge in [0.15, 0.2) is 5.76 Å². The molecule has 0 bridgehead atoms. The number of furan rings is 1. The van der Waals surface area contributed by atoms with Crippen LogP contribution in [0.4, 0.5) is 0 Å². The number of carbonyl (C=O) groups is 1. The van der Waals surface area contributed by atoms with Crippen LogP contribution in [-0.2, 0) is 6.54 Å². The molecule has 0 unspecified atom stereocenters. The summed E-state index contributed by atoms with van der Waals surface area (Å²) in [7, 11) is 0. The molecule has 6 nitrogen and oxygen atoms in total. The summed E-state index contributed by atoms with van der Waals surface area (Å²) < 4.78 is 4.61. The van der Waals surface area contributed by atoms with Crippen molar-refractivity contribution >= 4 is 5.97 Å². The van der Waals surface area contributed by atoms with Gasteiger partial charge in [0.2, 0.25) is 5.76 Å². The third-order valence-electron chi connectivity index (χ3n) is 1.16. The largest absolute Gasteiger partial charge is 0.475 e. The van der Waals surface area contributed by atoms with Crippen LogP contribution < -0.4 is 0 Å². The van der Waals surface area contributed by atoms with E-state index < -0.39 is 17.4 Å². The third kappa shape index (κ3) is 1.82. The first kappa shape index (κ1) is 8.25. The molecule has 0 saturated carbocycles. The smallest absolute Gasteiger partial charge is 0.371 e. The van der Waals surface area contributed by atoms with Gasteiger partial charge in [-0.05, 0) is 12.1 Å². The maximum Gasteiger partial charge on any atom is 0.371 e. The fourth-order valence-corrected chi connectivity index (χ4v) is 0.705. The molecule has 1 aromatic rings. The highest BCUT2D eigenvalue weighted by Crippen LogP contribution is 2.08. The topological polar surface area (TPSA) is 93.6 Å². The van der Waals surface area contributed by atoms with Crippen molar-refractivity contribution in [3.8, 4) is 0 Å². The van der Waals surface area contributed by atoms with E-state index in [4.69, 9.17) is 5.11 Å². The van der Waals surface area contributed by atoms with Crippen molar-refractivity contribution in [3.05, 3.63) is 33.8 Å². The minimum Gasteiger partial charge on any atom is -0.475 e. The van der Waals surface area contributed by atoms with Crippen LogP contribution in [0.1, 0.15) is 16.3 Å². The van der Waals surface area contributed by atoms with Crippen LogP contribution in [0.15, 0.2) is 16.5 Å². The van der Waals surface area contributed by atoms with Gasteiger partial charge in [-0.2, -0.15) is 0 Å². The Bertz CT molecular complexity index is 315. The molecule has 0 aromatic carbocycles. The zero-order valence-corrected chi connectivity index (χ0v) is 5.89. The van der Waals surface area contributed by atoms with Crippen molar-refractivity contribution in [2.24, 2.45) is 0 Å². The monoisotopic (exact) mass is 171 g/mol. The molecule has 6 heteroatoms. The summed E-state index contributed by atoms with van der Waals surface area (Å²) in [4.78, 5) is 19.6. The first-order chi connectivity index (χ1) is 5.59. The second-order valence-corrected chi connectivity index (χ2v) is 2.06. The molecular formula is C6H5NO5. The van der Waals surface area contributed by atoms with Crippen molar-refractivity contribution in [1.82, 2.24) is 0 Å². The molecule has 0 spiro atoms. The van der Waals surface area contributed by atoms with Gasteiger partial charge < -0.3 is 9.52 Å². The van der Waals surface area contributed by atoms with Crippen LogP contribution in [-0.4, -0.2) is 16.0 Å². The van der Waals surface area contributed by atoms with Crippen LogP contribution in [0.5, 0.6) is 0 Å². The Morgan fingerprint density at radius 2 is 2.33 bits per heavy atom. The molecule has 0 aliphatic rings. The minimum absolute atomic E-state index is 0.0393. The predicted octanol–water partition coefficient (Wildman–Crippen LogP) is 0.754. The lowest BCUT2D eigenvalue weighted by molar-refractivity contribution is -0.499. The Kier molecular flexibility index (Phi) is 2.09. The Morgan fingerprint density at radius 1 is 1.67 bits per heavy atom. The van der Waals surface area contributed by atoms with E-state index in [0.29, 0.717) is 0 Å². The summed E-state index contributed by atoms with van der Waals surface area (Å²) >= 11 is 0. The number of carboxylic acids is 1. The average Bonchev–Trinajstić information content (AvgIpc) is 2.34. The van der Waals surface area contributed by atoms with Gasteiger partial charge in [0.1, 0.15) is 0 Å². The summed E-state index contributed by atoms with van der Waals surface area (Å²) in [5.41, 5.74) is 0. The Labute approximate surface area is 66.6 Å². The Balaban J connectivity index is 2.77. The van der Waals surface area contributed by atoms with Crippen LogP contribution in [0.25, 0.3) is 0 Å². The highest BCUT2D eigenvalue weighted by molar-refractivity contribution is 5.84. The van der Waals surface area contributed by atoms with Gasteiger partial charge in [-0.15, -0.1) is 0 Å². The van der Waals surface area contributed by atoms with Crippen molar-refractivity contribution in [2.75, 3.05) is 0 Å². The zero-order valence-electron chi connectivity index (χ0n) is 5.89. The van der Waals surface area contributed by atoms with Crippen molar-refractivity contribution in [2.45, 2.75) is 6.54 Å². The average molecular weight is 171 g/mol. The zero-order chi connectivity index (χ0) is 9.14. The summed E-state index contributed by atoms with van der Waals surface area (Å²) in [5, 5.41) is 18.3. The van der Waals surface area contributed by atoms with Gasteiger partial charge in [0.05, 0.1) is 0 Å². The van der Waals surface area contributed by atoms with Gasteiger partial charge in [-0.1, -0.05) is 0 Å². The van der Waals surface area contributed by atoms with Crippen LogP contribution in [0.3, 0.4) is 0 Å². The summed E-state index contributed by atoms with van der Waals surface area (Å²) in [6.07, 6.45) is 0. The molecule has 0 aliphatic heterocycles. The highest BCUT2D eigenvalue weighted by atomic mass is 16.6. The van der Waals surface area contributed by atoms with E-state index in [-0.39, 0.29) is 11.5 Å². The molecule has 0 radical (unpaired) electrons. The van der Waals surface area contributed by atoms with Crippen LogP contribution in [0, 0.1) is 10.1 Å². The number of rotatable bonds is 3. The molecule has 1 aromatic heterocycles. The first-order valence-electron chi connectivity index (χ1n) is 3.03. The fourth-order valence-electron chi connectivity index (χ4n) is 0.705. The normalized spacial score (nSPS) is 9.67. The maximum atomic E-state index is 10.2. The van der Waals surface area contributed by atoms with Crippen molar-refractivity contribution < 1.29 is 19.2 Å². The van der Waals surface area contributed by atoms with Gasteiger partial charge in [0, 0.05) is 4.92 Å². The molecule has 0 fully saturated rings. The van der Waals surface area contributed by atoms with Gasteiger partial charge in [-0.25, -0.2) is 4.79 Å². The number of carboxylic acid groups (broad SMARTS) is 1.